The van der Waals surface area contributed by atoms with E-state index in [1.54, 1.807) is 36.4 Å². The fourth-order valence-corrected chi connectivity index (χ4v) is 3.95. The molecule has 0 spiro atoms. The van der Waals surface area contributed by atoms with Gasteiger partial charge in [-0.2, -0.15) is 0 Å². The van der Waals surface area contributed by atoms with E-state index in [1.165, 1.54) is 11.0 Å². The van der Waals surface area contributed by atoms with Gasteiger partial charge in [0.25, 0.3) is 11.7 Å². The number of unbranched alkanes of at least 4 members (excludes halogenated alkanes) is 1. The van der Waals surface area contributed by atoms with Crippen LogP contribution in [-0.4, -0.2) is 34.8 Å². The molecule has 1 saturated heterocycles. The van der Waals surface area contributed by atoms with Crippen LogP contribution in [0, 0.1) is 5.82 Å². The summed E-state index contributed by atoms with van der Waals surface area (Å²) in [5, 5.41) is 11.0. The minimum atomic E-state index is -0.952. The summed E-state index contributed by atoms with van der Waals surface area (Å²) in [7, 11) is 0. The molecule has 0 saturated carbocycles. The van der Waals surface area contributed by atoms with Crippen LogP contribution in [0.25, 0.3) is 5.76 Å². The Balaban J connectivity index is 1.86. The van der Waals surface area contributed by atoms with Crippen molar-refractivity contribution in [3.05, 3.63) is 70.5 Å². The molecule has 2 aliphatic rings. The normalized spacial score (nSPS) is 20.1. The number of ketones is 1. The highest BCUT2D eigenvalue weighted by molar-refractivity contribution is 6.46. The number of hydrogen-bond acceptors (Lipinski definition) is 4. The number of aliphatic hydroxyl groups excluding tert-OH is 1. The van der Waals surface area contributed by atoms with E-state index in [2.05, 4.69) is 0 Å². The zero-order chi connectivity index (χ0) is 20.5. The second-order valence-electron chi connectivity index (χ2n) is 7.29. The predicted molar refractivity (Wildman–Crippen MR) is 106 cm³/mol. The van der Waals surface area contributed by atoms with Crippen LogP contribution < -0.4 is 4.74 Å². The van der Waals surface area contributed by atoms with Crippen LogP contribution in [0.15, 0.2) is 48.0 Å². The van der Waals surface area contributed by atoms with Crippen molar-refractivity contribution in [1.82, 2.24) is 4.90 Å². The maximum Gasteiger partial charge on any atom is 0.295 e. The van der Waals surface area contributed by atoms with E-state index < -0.39 is 23.5 Å². The second kappa shape index (κ2) is 7.70. The molecule has 5 nitrogen and oxygen atoms in total. The van der Waals surface area contributed by atoms with Gasteiger partial charge in [-0.15, -0.1) is 0 Å². The van der Waals surface area contributed by atoms with Gasteiger partial charge < -0.3 is 14.7 Å². The number of benzene rings is 2. The maximum absolute atomic E-state index is 14.6. The number of likely N-dealkylation sites (tertiary alicyclic amines) is 1. The first-order chi connectivity index (χ1) is 14.0. The molecule has 150 valence electrons. The summed E-state index contributed by atoms with van der Waals surface area (Å²) < 4.78 is 20.1. The molecule has 1 fully saturated rings. The molecule has 1 unspecified atom stereocenters. The Hall–Kier alpha value is -3.15. The molecule has 2 aromatic rings. The van der Waals surface area contributed by atoms with Gasteiger partial charge in [0.05, 0.1) is 18.2 Å². The molecular weight excluding hydrogens is 373 g/mol. The van der Waals surface area contributed by atoms with Crippen molar-refractivity contribution in [3.63, 3.8) is 0 Å². The van der Waals surface area contributed by atoms with Crippen LogP contribution in [0.2, 0.25) is 0 Å². The number of halogens is 1. The molecule has 29 heavy (non-hydrogen) atoms. The standard InChI is InChI=1S/C23H22FNO4/c1-2-3-11-25-20(16-6-4-5-7-17(16)24)19(22(27)23(25)28)21(26)15-8-9-18-14(13-15)10-12-29-18/h4-9,13,20,26H,2-3,10-12H2,1H3/b21-19+. The quantitative estimate of drug-likeness (QED) is 0.472. The zero-order valence-corrected chi connectivity index (χ0v) is 16.2. The van der Waals surface area contributed by atoms with E-state index in [1.807, 2.05) is 6.92 Å². The molecule has 1 amide bonds. The molecule has 2 heterocycles. The Kier molecular flexibility index (Phi) is 5.09. The average molecular weight is 395 g/mol. The first-order valence-electron chi connectivity index (χ1n) is 9.82. The zero-order valence-electron chi connectivity index (χ0n) is 16.2. The molecule has 1 N–H and O–H groups in total. The van der Waals surface area contributed by atoms with Crippen molar-refractivity contribution in [2.75, 3.05) is 13.2 Å². The van der Waals surface area contributed by atoms with Crippen molar-refractivity contribution in [3.8, 4) is 5.75 Å². The third-order valence-electron chi connectivity index (χ3n) is 5.46. The smallest absolute Gasteiger partial charge is 0.295 e. The minimum absolute atomic E-state index is 0.0740. The van der Waals surface area contributed by atoms with Crippen LogP contribution in [0.3, 0.4) is 0 Å². The number of fused-ring (bicyclic) bond motifs is 1. The van der Waals surface area contributed by atoms with Crippen LogP contribution in [-0.2, 0) is 16.0 Å². The van der Waals surface area contributed by atoms with Gasteiger partial charge in [-0.05, 0) is 36.2 Å². The Bertz CT molecular complexity index is 1010. The first-order valence-corrected chi connectivity index (χ1v) is 9.82. The van der Waals surface area contributed by atoms with Crippen LogP contribution in [0.4, 0.5) is 4.39 Å². The van der Waals surface area contributed by atoms with E-state index in [-0.39, 0.29) is 16.9 Å². The Morgan fingerprint density at radius 3 is 2.79 bits per heavy atom. The Morgan fingerprint density at radius 1 is 1.24 bits per heavy atom. The predicted octanol–water partition coefficient (Wildman–Crippen LogP) is 3.98. The van der Waals surface area contributed by atoms with Crippen molar-refractivity contribution >= 4 is 17.4 Å². The minimum Gasteiger partial charge on any atom is -0.507 e. The Morgan fingerprint density at radius 2 is 2.03 bits per heavy atom. The summed E-state index contributed by atoms with van der Waals surface area (Å²) in [6.45, 7) is 2.85. The molecule has 4 rings (SSSR count). The number of aliphatic hydroxyl groups is 1. The fraction of sp³-hybridized carbons (Fsp3) is 0.304. The summed E-state index contributed by atoms with van der Waals surface area (Å²) >= 11 is 0. The molecular formula is C23H22FNO4. The maximum atomic E-state index is 14.6. The molecule has 0 radical (unpaired) electrons. The molecule has 2 aromatic carbocycles. The molecule has 0 bridgehead atoms. The third kappa shape index (κ3) is 3.28. The highest BCUT2D eigenvalue weighted by Gasteiger charge is 2.46. The van der Waals surface area contributed by atoms with Gasteiger partial charge in [-0.3, -0.25) is 9.59 Å². The average Bonchev–Trinajstić information content (AvgIpc) is 3.29. The first kappa shape index (κ1) is 19.2. The van der Waals surface area contributed by atoms with Crippen LogP contribution >= 0.6 is 0 Å². The SMILES string of the molecule is CCCCN1C(=O)C(=O)/C(=C(/O)c2ccc3c(c2)CCO3)C1c1ccccc1F. The molecule has 6 heteroatoms. The molecule has 2 aliphatic heterocycles. The number of Topliss-reactive ketones (excluding diaryl/α,β-unsaturated/α-hetero) is 1. The summed E-state index contributed by atoms with van der Waals surface area (Å²) in [5.74, 6) is -1.56. The van der Waals surface area contributed by atoms with Gasteiger partial charge in [-0.25, -0.2) is 4.39 Å². The molecule has 0 aromatic heterocycles. The van der Waals surface area contributed by atoms with E-state index in [0.29, 0.717) is 31.6 Å². The number of ether oxygens (including phenoxy) is 1. The molecule has 0 aliphatic carbocycles. The van der Waals surface area contributed by atoms with Crippen LogP contribution in [0.1, 0.15) is 42.5 Å². The van der Waals surface area contributed by atoms with Crippen molar-refractivity contribution in [1.29, 1.82) is 0 Å². The summed E-state index contributed by atoms with van der Waals surface area (Å²) in [6, 6.07) is 10.3. The van der Waals surface area contributed by atoms with Gasteiger partial charge in [0.2, 0.25) is 0 Å². The van der Waals surface area contributed by atoms with Crippen molar-refractivity contribution < 1.29 is 23.8 Å². The lowest BCUT2D eigenvalue weighted by atomic mass is 9.94. The van der Waals surface area contributed by atoms with E-state index in [0.717, 1.165) is 17.7 Å². The van der Waals surface area contributed by atoms with Crippen LogP contribution in [0.5, 0.6) is 5.75 Å². The van der Waals surface area contributed by atoms with E-state index in [9.17, 15) is 19.1 Å². The summed E-state index contributed by atoms with van der Waals surface area (Å²) in [5.41, 5.74) is 1.48. The lowest BCUT2D eigenvalue weighted by molar-refractivity contribution is -0.139. The topological polar surface area (TPSA) is 66.8 Å². The monoisotopic (exact) mass is 395 g/mol. The Labute approximate surface area is 168 Å². The lowest BCUT2D eigenvalue weighted by Crippen LogP contribution is -2.31. The van der Waals surface area contributed by atoms with Gasteiger partial charge in [-0.1, -0.05) is 31.5 Å². The number of carbonyl (C=O) groups excluding carboxylic acids is 2. The fourth-order valence-electron chi connectivity index (χ4n) is 3.95. The van der Waals surface area contributed by atoms with E-state index in [4.69, 9.17) is 4.74 Å². The second-order valence-corrected chi connectivity index (χ2v) is 7.29. The summed E-state index contributed by atoms with van der Waals surface area (Å²) in [6.07, 6.45) is 2.20. The highest BCUT2D eigenvalue weighted by Crippen LogP contribution is 2.41. The third-order valence-corrected chi connectivity index (χ3v) is 5.46. The van der Waals surface area contributed by atoms with Crippen molar-refractivity contribution in [2.45, 2.75) is 32.2 Å². The van der Waals surface area contributed by atoms with Gasteiger partial charge >= 0.3 is 0 Å². The number of nitrogens with zero attached hydrogens (tertiary/aromatic N) is 1. The number of carbonyl (C=O) groups is 2. The lowest BCUT2D eigenvalue weighted by Gasteiger charge is -2.25. The largest absolute Gasteiger partial charge is 0.507 e. The van der Waals surface area contributed by atoms with Crippen molar-refractivity contribution in [2.24, 2.45) is 0 Å². The van der Waals surface area contributed by atoms with Gasteiger partial charge in [0, 0.05) is 24.1 Å². The number of amides is 1. The molecule has 1 atom stereocenters. The summed E-state index contributed by atoms with van der Waals surface area (Å²) in [4.78, 5) is 27.0. The van der Waals surface area contributed by atoms with E-state index >= 15 is 0 Å². The number of hydrogen-bond donors (Lipinski definition) is 1. The van der Waals surface area contributed by atoms with Gasteiger partial charge in [0.15, 0.2) is 0 Å². The van der Waals surface area contributed by atoms with Gasteiger partial charge in [0.1, 0.15) is 17.3 Å². The number of rotatable bonds is 5. The highest BCUT2D eigenvalue weighted by atomic mass is 19.1.